The van der Waals surface area contributed by atoms with Crippen molar-refractivity contribution in [2.24, 2.45) is 0 Å². The first-order chi connectivity index (χ1) is 4.84. The van der Waals surface area contributed by atoms with Gasteiger partial charge in [-0.25, -0.2) is 0 Å². The monoisotopic (exact) mass is 144 g/mol. The van der Waals surface area contributed by atoms with Gasteiger partial charge in [0.05, 0.1) is 12.7 Å². The molecule has 10 heavy (non-hydrogen) atoms. The van der Waals surface area contributed by atoms with Crippen molar-refractivity contribution in [1.82, 2.24) is 0 Å². The van der Waals surface area contributed by atoms with Gasteiger partial charge in [0.1, 0.15) is 6.10 Å². The van der Waals surface area contributed by atoms with E-state index in [0.717, 1.165) is 19.6 Å². The van der Waals surface area contributed by atoms with Gasteiger partial charge >= 0.3 is 0 Å². The fourth-order valence-electron chi connectivity index (χ4n) is 0.847. The minimum absolute atomic E-state index is 0.312. The summed E-state index contributed by atoms with van der Waals surface area (Å²) in [6, 6.07) is 0. The van der Waals surface area contributed by atoms with Crippen molar-refractivity contribution in [3.63, 3.8) is 0 Å². The van der Waals surface area contributed by atoms with Crippen LogP contribution in [0.3, 0.4) is 0 Å². The second-order valence-electron chi connectivity index (χ2n) is 2.80. The van der Waals surface area contributed by atoms with E-state index in [9.17, 15) is 0 Å². The summed E-state index contributed by atoms with van der Waals surface area (Å²) in [5.74, 6) is 0. The van der Waals surface area contributed by atoms with Crippen molar-refractivity contribution in [3.8, 4) is 0 Å². The molecular weight excluding hydrogens is 128 g/mol. The molecule has 60 valence electrons. The van der Waals surface area contributed by atoms with Crippen LogP contribution in [0, 0.1) is 0 Å². The van der Waals surface area contributed by atoms with Crippen molar-refractivity contribution in [1.29, 1.82) is 0 Å². The molecule has 2 unspecified atom stereocenters. The number of hydrogen-bond acceptors (Lipinski definition) is 2. The molecular formula is C8H16O2. The van der Waals surface area contributed by atoms with Crippen LogP contribution < -0.4 is 0 Å². The SMILES string of the molecule is CCCCOC(C)C1CO1. The summed E-state index contributed by atoms with van der Waals surface area (Å²) < 4.78 is 10.6. The van der Waals surface area contributed by atoms with E-state index in [0.29, 0.717) is 12.2 Å². The molecule has 2 heteroatoms. The van der Waals surface area contributed by atoms with Crippen molar-refractivity contribution in [2.45, 2.75) is 38.9 Å². The van der Waals surface area contributed by atoms with Gasteiger partial charge in [0, 0.05) is 6.61 Å². The zero-order valence-electron chi connectivity index (χ0n) is 6.80. The van der Waals surface area contributed by atoms with Crippen LogP contribution in [0.15, 0.2) is 0 Å². The lowest BCUT2D eigenvalue weighted by atomic mass is 10.3. The molecule has 2 atom stereocenters. The summed E-state index contributed by atoms with van der Waals surface area (Å²) in [5.41, 5.74) is 0. The van der Waals surface area contributed by atoms with Crippen LogP contribution in [-0.2, 0) is 9.47 Å². The summed E-state index contributed by atoms with van der Waals surface area (Å²) in [6.07, 6.45) is 3.08. The Balaban J connectivity index is 1.90. The Morgan fingerprint density at radius 1 is 1.70 bits per heavy atom. The van der Waals surface area contributed by atoms with Gasteiger partial charge in [-0.3, -0.25) is 0 Å². The predicted molar refractivity (Wildman–Crippen MR) is 40.1 cm³/mol. The average Bonchev–Trinajstić information content (AvgIpc) is 2.69. The highest BCUT2D eigenvalue weighted by Gasteiger charge is 2.29. The molecule has 1 aliphatic heterocycles. The van der Waals surface area contributed by atoms with Gasteiger partial charge in [-0.15, -0.1) is 0 Å². The maximum absolute atomic E-state index is 5.48. The van der Waals surface area contributed by atoms with Crippen LogP contribution in [0.2, 0.25) is 0 Å². The highest BCUT2D eigenvalue weighted by atomic mass is 16.6. The fourth-order valence-corrected chi connectivity index (χ4v) is 0.847. The van der Waals surface area contributed by atoms with Crippen molar-refractivity contribution in [2.75, 3.05) is 13.2 Å². The Labute approximate surface area is 62.5 Å². The van der Waals surface area contributed by atoms with E-state index in [1.54, 1.807) is 0 Å². The van der Waals surface area contributed by atoms with E-state index in [-0.39, 0.29) is 0 Å². The van der Waals surface area contributed by atoms with E-state index < -0.39 is 0 Å². The molecule has 1 fully saturated rings. The van der Waals surface area contributed by atoms with E-state index in [1.807, 2.05) is 0 Å². The lowest BCUT2D eigenvalue weighted by Gasteiger charge is -2.08. The molecule has 1 rings (SSSR count). The minimum Gasteiger partial charge on any atom is -0.376 e. The maximum Gasteiger partial charge on any atom is 0.107 e. The van der Waals surface area contributed by atoms with Crippen molar-refractivity contribution in [3.05, 3.63) is 0 Å². The van der Waals surface area contributed by atoms with Gasteiger partial charge in [0.25, 0.3) is 0 Å². The van der Waals surface area contributed by atoms with Crippen LogP contribution in [0.5, 0.6) is 0 Å². The Bertz CT molecular complexity index is 89.3. The van der Waals surface area contributed by atoms with Gasteiger partial charge in [0.2, 0.25) is 0 Å². The third-order valence-corrected chi connectivity index (χ3v) is 1.76. The molecule has 0 bridgehead atoms. The molecule has 0 saturated carbocycles. The molecule has 0 aromatic heterocycles. The summed E-state index contributed by atoms with van der Waals surface area (Å²) in [7, 11) is 0. The average molecular weight is 144 g/mol. The van der Waals surface area contributed by atoms with Gasteiger partial charge in [-0.1, -0.05) is 13.3 Å². The predicted octanol–water partition coefficient (Wildman–Crippen LogP) is 1.59. The summed E-state index contributed by atoms with van der Waals surface area (Å²) >= 11 is 0. The minimum atomic E-state index is 0.312. The van der Waals surface area contributed by atoms with Gasteiger partial charge in [0.15, 0.2) is 0 Å². The standard InChI is InChI=1S/C8H16O2/c1-3-4-5-9-7(2)8-6-10-8/h7-8H,3-6H2,1-2H3. The maximum atomic E-state index is 5.48. The number of unbranched alkanes of at least 4 members (excludes halogenated alkanes) is 1. The Kier molecular flexibility index (Phi) is 3.16. The lowest BCUT2D eigenvalue weighted by molar-refractivity contribution is 0.0442. The molecule has 0 aromatic carbocycles. The Morgan fingerprint density at radius 3 is 2.90 bits per heavy atom. The number of ether oxygens (including phenoxy) is 2. The topological polar surface area (TPSA) is 21.8 Å². The first-order valence-electron chi connectivity index (χ1n) is 4.07. The Morgan fingerprint density at radius 2 is 2.40 bits per heavy atom. The summed E-state index contributed by atoms with van der Waals surface area (Å²) in [5, 5.41) is 0. The molecule has 0 amide bonds. The molecule has 0 aromatic rings. The van der Waals surface area contributed by atoms with Crippen molar-refractivity contribution < 1.29 is 9.47 Å². The largest absolute Gasteiger partial charge is 0.376 e. The fraction of sp³-hybridized carbons (Fsp3) is 1.00. The van der Waals surface area contributed by atoms with Crippen LogP contribution in [0.1, 0.15) is 26.7 Å². The summed E-state index contributed by atoms with van der Waals surface area (Å²) in [6.45, 7) is 6.03. The first-order valence-corrected chi connectivity index (χ1v) is 4.07. The third-order valence-electron chi connectivity index (χ3n) is 1.76. The lowest BCUT2D eigenvalue weighted by Crippen LogP contribution is -2.15. The van der Waals surface area contributed by atoms with E-state index in [1.165, 1.54) is 6.42 Å². The quantitative estimate of drug-likeness (QED) is 0.431. The summed E-state index contributed by atoms with van der Waals surface area (Å²) in [4.78, 5) is 0. The molecule has 1 saturated heterocycles. The van der Waals surface area contributed by atoms with Gasteiger partial charge in [-0.2, -0.15) is 0 Å². The van der Waals surface area contributed by atoms with Crippen molar-refractivity contribution >= 4 is 0 Å². The number of epoxide rings is 1. The number of hydrogen-bond donors (Lipinski definition) is 0. The van der Waals surface area contributed by atoms with Crippen LogP contribution in [0.4, 0.5) is 0 Å². The second kappa shape index (κ2) is 3.94. The molecule has 1 aliphatic rings. The Hall–Kier alpha value is -0.0800. The molecule has 0 spiro atoms. The second-order valence-corrected chi connectivity index (χ2v) is 2.80. The van der Waals surface area contributed by atoms with E-state index in [4.69, 9.17) is 9.47 Å². The van der Waals surface area contributed by atoms with Gasteiger partial charge < -0.3 is 9.47 Å². The molecule has 1 heterocycles. The van der Waals surface area contributed by atoms with Gasteiger partial charge in [-0.05, 0) is 13.3 Å². The molecule has 0 aliphatic carbocycles. The zero-order valence-corrected chi connectivity index (χ0v) is 6.80. The molecule has 0 N–H and O–H groups in total. The van der Waals surface area contributed by atoms with Crippen LogP contribution in [-0.4, -0.2) is 25.4 Å². The smallest absolute Gasteiger partial charge is 0.107 e. The highest BCUT2D eigenvalue weighted by Crippen LogP contribution is 2.16. The normalized spacial score (nSPS) is 26.4. The number of rotatable bonds is 5. The third kappa shape index (κ3) is 2.67. The van der Waals surface area contributed by atoms with E-state index >= 15 is 0 Å². The van der Waals surface area contributed by atoms with Crippen LogP contribution >= 0.6 is 0 Å². The first kappa shape index (κ1) is 8.02. The van der Waals surface area contributed by atoms with E-state index in [2.05, 4.69) is 13.8 Å². The van der Waals surface area contributed by atoms with Crippen LogP contribution in [0.25, 0.3) is 0 Å². The molecule has 0 radical (unpaired) electrons. The molecule has 2 nitrogen and oxygen atoms in total. The zero-order chi connectivity index (χ0) is 7.40. The highest BCUT2D eigenvalue weighted by molar-refractivity contribution is 4.75.